The van der Waals surface area contributed by atoms with Gasteiger partial charge in [-0.15, -0.1) is 0 Å². The number of ketones is 1. The summed E-state index contributed by atoms with van der Waals surface area (Å²) in [5.74, 6) is 0.400. The van der Waals surface area contributed by atoms with Crippen molar-refractivity contribution in [2.45, 2.75) is 104 Å². The molecule has 128 valence electrons. The standard InChI is InChI=1S/C21H38O/c1-3-5-7-9-11-13-15-17-19-21(22)20-18-16-14-12-10-8-6-4-2/h9,11,15,17H,3-8,10,12-14,16,18-20H2,1-2H3/b11-9-,17-15+. The number of carbonyl (C=O) groups excluding carboxylic acids is 1. The molecule has 0 radical (unpaired) electrons. The summed E-state index contributed by atoms with van der Waals surface area (Å²) < 4.78 is 0. The van der Waals surface area contributed by atoms with Crippen LogP contribution in [0.15, 0.2) is 24.3 Å². The van der Waals surface area contributed by atoms with Gasteiger partial charge in [0.1, 0.15) is 5.78 Å². The average Bonchev–Trinajstić information content (AvgIpc) is 2.52. The Bertz CT molecular complexity index is 288. The maximum atomic E-state index is 11.7. The molecule has 0 aliphatic heterocycles. The molecule has 0 aliphatic carbocycles. The van der Waals surface area contributed by atoms with Crippen molar-refractivity contribution in [2.24, 2.45) is 0 Å². The Labute approximate surface area is 139 Å². The Morgan fingerprint density at radius 3 is 1.95 bits per heavy atom. The molecule has 0 fully saturated rings. The lowest BCUT2D eigenvalue weighted by Gasteiger charge is -2.01. The van der Waals surface area contributed by atoms with Crippen LogP contribution in [-0.4, -0.2) is 5.78 Å². The van der Waals surface area contributed by atoms with Crippen LogP contribution in [0.25, 0.3) is 0 Å². The van der Waals surface area contributed by atoms with Crippen LogP contribution in [-0.2, 0) is 4.79 Å². The van der Waals surface area contributed by atoms with E-state index in [4.69, 9.17) is 0 Å². The van der Waals surface area contributed by atoms with Crippen molar-refractivity contribution in [3.05, 3.63) is 24.3 Å². The fourth-order valence-electron chi connectivity index (χ4n) is 2.48. The zero-order chi connectivity index (χ0) is 16.3. The number of carbonyl (C=O) groups is 1. The molecule has 1 heteroatoms. The number of unbranched alkanes of at least 4 members (excludes halogenated alkanes) is 9. The van der Waals surface area contributed by atoms with Crippen molar-refractivity contribution >= 4 is 5.78 Å². The van der Waals surface area contributed by atoms with Gasteiger partial charge in [0.05, 0.1) is 0 Å². The van der Waals surface area contributed by atoms with Crippen LogP contribution in [0.1, 0.15) is 104 Å². The first-order chi connectivity index (χ1) is 10.8. The fourth-order valence-corrected chi connectivity index (χ4v) is 2.48. The Morgan fingerprint density at radius 1 is 0.682 bits per heavy atom. The second-order valence-electron chi connectivity index (χ2n) is 6.29. The number of hydrogen-bond donors (Lipinski definition) is 0. The molecule has 0 aromatic carbocycles. The summed E-state index contributed by atoms with van der Waals surface area (Å²) in [6.45, 7) is 4.47. The molecule has 0 saturated carbocycles. The lowest BCUT2D eigenvalue weighted by atomic mass is 10.1. The summed E-state index contributed by atoms with van der Waals surface area (Å²) in [6.07, 6.45) is 25.1. The maximum absolute atomic E-state index is 11.7. The van der Waals surface area contributed by atoms with Crippen LogP contribution in [0, 0.1) is 0 Å². The predicted octanol–water partition coefficient (Wildman–Crippen LogP) is 7.17. The van der Waals surface area contributed by atoms with Gasteiger partial charge >= 0.3 is 0 Å². The van der Waals surface area contributed by atoms with Gasteiger partial charge in [-0.3, -0.25) is 4.79 Å². The highest BCUT2D eigenvalue weighted by molar-refractivity contribution is 5.79. The molecule has 0 aliphatic rings. The predicted molar refractivity (Wildman–Crippen MR) is 99.3 cm³/mol. The van der Waals surface area contributed by atoms with Crippen LogP contribution >= 0.6 is 0 Å². The first kappa shape index (κ1) is 21.1. The lowest BCUT2D eigenvalue weighted by molar-refractivity contribution is -0.118. The van der Waals surface area contributed by atoms with E-state index in [9.17, 15) is 4.79 Å². The van der Waals surface area contributed by atoms with E-state index in [1.165, 1.54) is 64.2 Å². The van der Waals surface area contributed by atoms with Gasteiger partial charge in [-0.1, -0.05) is 95.9 Å². The maximum Gasteiger partial charge on any atom is 0.136 e. The summed E-state index contributed by atoms with van der Waals surface area (Å²) in [7, 11) is 0. The quantitative estimate of drug-likeness (QED) is 0.218. The third-order valence-electron chi connectivity index (χ3n) is 3.98. The molecule has 22 heavy (non-hydrogen) atoms. The molecule has 0 atom stereocenters. The van der Waals surface area contributed by atoms with E-state index in [0.29, 0.717) is 12.2 Å². The zero-order valence-corrected chi connectivity index (χ0v) is 15.1. The molecule has 0 spiro atoms. The molecule has 1 nitrogen and oxygen atoms in total. The van der Waals surface area contributed by atoms with Crippen molar-refractivity contribution in [3.8, 4) is 0 Å². The monoisotopic (exact) mass is 306 g/mol. The van der Waals surface area contributed by atoms with Gasteiger partial charge < -0.3 is 0 Å². The Balaban J connectivity index is 3.33. The van der Waals surface area contributed by atoms with Crippen LogP contribution < -0.4 is 0 Å². The highest BCUT2D eigenvalue weighted by Crippen LogP contribution is 2.10. The fraction of sp³-hybridized carbons (Fsp3) is 0.762. The summed E-state index contributed by atoms with van der Waals surface area (Å²) in [6, 6.07) is 0. The molecule has 0 rings (SSSR count). The van der Waals surface area contributed by atoms with E-state index in [2.05, 4.69) is 32.1 Å². The second-order valence-corrected chi connectivity index (χ2v) is 6.29. The van der Waals surface area contributed by atoms with Crippen molar-refractivity contribution < 1.29 is 4.79 Å². The lowest BCUT2D eigenvalue weighted by Crippen LogP contribution is -1.95. The van der Waals surface area contributed by atoms with Crippen molar-refractivity contribution in [1.29, 1.82) is 0 Å². The van der Waals surface area contributed by atoms with Crippen LogP contribution in [0.4, 0.5) is 0 Å². The molecule has 0 aromatic rings. The molecule has 0 heterocycles. The molecule has 0 amide bonds. The summed E-state index contributed by atoms with van der Waals surface area (Å²) in [4.78, 5) is 11.7. The van der Waals surface area contributed by atoms with Gasteiger partial charge in [0, 0.05) is 12.8 Å². The van der Waals surface area contributed by atoms with E-state index in [1.807, 2.05) is 6.08 Å². The highest BCUT2D eigenvalue weighted by Gasteiger charge is 1.99. The Kier molecular flexibility index (Phi) is 17.5. The van der Waals surface area contributed by atoms with E-state index < -0.39 is 0 Å². The van der Waals surface area contributed by atoms with Crippen molar-refractivity contribution in [2.75, 3.05) is 0 Å². The van der Waals surface area contributed by atoms with Gasteiger partial charge in [0.25, 0.3) is 0 Å². The Morgan fingerprint density at radius 2 is 1.27 bits per heavy atom. The smallest absolute Gasteiger partial charge is 0.136 e. The third-order valence-corrected chi connectivity index (χ3v) is 3.98. The van der Waals surface area contributed by atoms with Crippen molar-refractivity contribution in [1.82, 2.24) is 0 Å². The number of rotatable bonds is 16. The van der Waals surface area contributed by atoms with Gasteiger partial charge in [-0.25, -0.2) is 0 Å². The van der Waals surface area contributed by atoms with Crippen LogP contribution in [0.5, 0.6) is 0 Å². The van der Waals surface area contributed by atoms with E-state index in [1.54, 1.807) is 0 Å². The summed E-state index contributed by atoms with van der Waals surface area (Å²) >= 11 is 0. The first-order valence-electron chi connectivity index (χ1n) is 9.63. The Hall–Kier alpha value is -0.850. The zero-order valence-electron chi connectivity index (χ0n) is 15.1. The van der Waals surface area contributed by atoms with E-state index >= 15 is 0 Å². The molecule has 0 bridgehead atoms. The second kappa shape index (κ2) is 18.2. The normalized spacial score (nSPS) is 11.7. The van der Waals surface area contributed by atoms with Gasteiger partial charge in [0.2, 0.25) is 0 Å². The highest BCUT2D eigenvalue weighted by atomic mass is 16.1. The molecular weight excluding hydrogens is 268 g/mol. The SMILES string of the molecule is CCCC/C=C\C/C=C/CC(=O)CCCCCCCCCC. The third kappa shape index (κ3) is 17.2. The van der Waals surface area contributed by atoms with Gasteiger partial charge in [-0.05, 0) is 19.3 Å². The number of hydrogen-bond acceptors (Lipinski definition) is 1. The largest absolute Gasteiger partial charge is 0.299 e. The van der Waals surface area contributed by atoms with E-state index in [0.717, 1.165) is 19.3 Å². The van der Waals surface area contributed by atoms with Crippen molar-refractivity contribution in [3.63, 3.8) is 0 Å². The number of allylic oxidation sites excluding steroid dienone is 4. The van der Waals surface area contributed by atoms with E-state index in [-0.39, 0.29) is 0 Å². The van der Waals surface area contributed by atoms with Crippen LogP contribution in [0.2, 0.25) is 0 Å². The minimum Gasteiger partial charge on any atom is -0.299 e. The summed E-state index contributed by atoms with van der Waals surface area (Å²) in [5.41, 5.74) is 0. The molecule has 0 unspecified atom stereocenters. The first-order valence-corrected chi connectivity index (χ1v) is 9.63. The minimum atomic E-state index is 0.400. The molecule has 0 saturated heterocycles. The molecular formula is C21H38O. The molecule has 0 aromatic heterocycles. The van der Waals surface area contributed by atoms with Gasteiger partial charge in [-0.2, -0.15) is 0 Å². The molecule has 0 N–H and O–H groups in total. The topological polar surface area (TPSA) is 17.1 Å². The number of Topliss-reactive ketones (excluding diaryl/α,β-unsaturated/α-hetero) is 1. The van der Waals surface area contributed by atoms with Gasteiger partial charge in [0.15, 0.2) is 0 Å². The summed E-state index contributed by atoms with van der Waals surface area (Å²) in [5, 5.41) is 0. The van der Waals surface area contributed by atoms with Crippen LogP contribution in [0.3, 0.4) is 0 Å². The minimum absolute atomic E-state index is 0.400. The average molecular weight is 307 g/mol.